The van der Waals surface area contributed by atoms with Gasteiger partial charge in [-0.05, 0) is 11.6 Å². The second-order valence-electron chi connectivity index (χ2n) is 3.50. The maximum atomic E-state index is 11.0. The van der Waals surface area contributed by atoms with Gasteiger partial charge in [0.1, 0.15) is 0 Å². The lowest BCUT2D eigenvalue weighted by Crippen LogP contribution is -2.38. The first-order valence-corrected chi connectivity index (χ1v) is 4.89. The van der Waals surface area contributed by atoms with Crippen molar-refractivity contribution in [1.82, 2.24) is 4.90 Å². The van der Waals surface area contributed by atoms with E-state index in [1.165, 1.54) is 12.1 Å². The predicted molar refractivity (Wildman–Crippen MR) is 58.5 cm³/mol. The first-order chi connectivity index (χ1) is 7.66. The predicted octanol–water partition coefficient (Wildman–Crippen LogP) is 1.80. The maximum Gasteiger partial charge on any atom is 0.270 e. The zero-order valence-electron chi connectivity index (χ0n) is 8.50. The molecule has 5 heteroatoms. The molecule has 1 aliphatic rings. The van der Waals surface area contributed by atoms with Gasteiger partial charge in [0.25, 0.3) is 5.69 Å². The summed E-state index contributed by atoms with van der Waals surface area (Å²) in [4.78, 5) is 22.7. The lowest BCUT2D eigenvalue weighted by molar-refractivity contribution is -0.384. The highest BCUT2D eigenvalue weighted by Crippen LogP contribution is 2.16. The molecule has 1 saturated heterocycles. The lowest BCUT2D eigenvalue weighted by atomic mass is 10.2. The van der Waals surface area contributed by atoms with Gasteiger partial charge in [-0.15, -0.1) is 0 Å². The lowest BCUT2D eigenvalue weighted by Gasteiger charge is -2.26. The van der Waals surface area contributed by atoms with Gasteiger partial charge in [-0.1, -0.05) is 12.1 Å². The molecule has 1 aromatic rings. The molecule has 1 fully saturated rings. The fraction of sp³-hybridized carbons (Fsp3) is 0.182. The largest absolute Gasteiger partial charge is 0.318 e. The van der Waals surface area contributed by atoms with Crippen molar-refractivity contribution in [3.63, 3.8) is 0 Å². The molecule has 0 bridgehead atoms. The van der Waals surface area contributed by atoms with Crippen molar-refractivity contribution < 1.29 is 9.72 Å². The van der Waals surface area contributed by atoms with E-state index in [9.17, 15) is 14.9 Å². The number of hydrogen-bond acceptors (Lipinski definition) is 3. The van der Waals surface area contributed by atoms with E-state index in [1.807, 2.05) is 0 Å². The molecule has 0 aliphatic carbocycles. The van der Waals surface area contributed by atoms with Crippen molar-refractivity contribution in [2.45, 2.75) is 6.42 Å². The van der Waals surface area contributed by atoms with E-state index in [-0.39, 0.29) is 11.6 Å². The topological polar surface area (TPSA) is 63.5 Å². The average Bonchev–Trinajstić information content (AvgIpc) is 2.27. The fourth-order valence-electron chi connectivity index (χ4n) is 1.41. The van der Waals surface area contributed by atoms with Crippen LogP contribution in [-0.2, 0) is 4.79 Å². The van der Waals surface area contributed by atoms with E-state index in [1.54, 1.807) is 29.3 Å². The number of nitro groups is 1. The second kappa shape index (κ2) is 4.14. The van der Waals surface area contributed by atoms with Gasteiger partial charge >= 0.3 is 0 Å². The molecule has 0 saturated carbocycles. The summed E-state index contributed by atoms with van der Waals surface area (Å²) in [5, 5.41) is 10.5. The average molecular weight is 218 g/mol. The zero-order valence-corrected chi connectivity index (χ0v) is 8.50. The van der Waals surface area contributed by atoms with Gasteiger partial charge in [-0.2, -0.15) is 0 Å². The summed E-state index contributed by atoms with van der Waals surface area (Å²) >= 11 is 0. The molecule has 1 heterocycles. The van der Waals surface area contributed by atoms with E-state index >= 15 is 0 Å². The SMILES string of the molecule is O=C1CCN1C=Cc1cccc([N+](=O)[O-])c1. The van der Waals surface area contributed by atoms with Crippen LogP contribution < -0.4 is 0 Å². The van der Waals surface area contributed by atoms with Crippen molar-refractivity contribution >= 4 is 17.7 Å². The fourth-order valence-corrected chi connectivity index (χ4v) is 1.41. The summed E-state index contributed by atoms with van der Waals surface area (Å²) in [7, 11) is 0. The van der Waals surface area contributed by atoms with Crippen LogP contribution in [0.3, 0.4) is 0 Å². The molecule has 0 spiro atoms. The van der Waals surface area contributed by atoms with E-state index in [0.717, 1.165) is 6.54 Å². The molecular weight excluding hydrogens is 208 g/mol. The number of nitro benzene ring substituents is 1. The third-order valence-corrected chi connectivity index (χ3v) is 2.41. The number of benzene rings is 1. The van der Waals surface area contributed by atoms with Gasteiger partial charge in [-0.25, -0.2) is 0 Å². The van der Waals surface area contributed by atoms with Crippen LogP contribution in [-0.4, -0.2) is 22.3 Å². The summed E-state index contributed by atoms with van der Waals surface area (Å²) < 4.78 is 0. The monoisotopic (exact) mass is 218 g/mol. The minimum atomic E-state index is -0.438. The number of likely N-dealkylation sites (tertiary alicyclic amines) is 1. The Labute approximate surface area is 92.1 Å². The van der Waals surface area contributed by atoms with Gasteiger partial charge in [0.05, 0.1) is 4.92 Å². The van der Waals surface area contributed by atoms with E-state index in [0.29, 0.717) is 12.0 Å². The summed E-state index contributed by atoms with van der Waals surface area (Å²) in [6.45, 7) is 0.726. The number of β-lactam (4-membered cyclic amide) rings is 1. The number of nitrogens with zero attached hydrogens (tertiary/aromatic N) is 2. The van der Waals surface area contributed by atoms with Crippen molar-refractivity contribution in [3.05, 3.63) is 46.1 Å². The third-order valence-electron chi connectivity index (χ3n) is 2.41. The first kappa shape index (κ1) is 10.4. The van der Waals surface area contributed by atoms with Crippen LogP contribution in [0.1, 0.15) is 12.0 Å². The molecule has 0 atom stereocenters. The van der Waals surface area contributed by atoms with Crippen LogP contribution in [0.25, 0.3) is 6.08 Å². The highest BCUT2D eigenvalue weighted by atomic mass is 16.6. The Bertz CT molecular complexity index is 468. The van der Waals surface area contributed by atoms with Crippen molar-refractivity contribution in [2.24, 2.45) is 0 Å². The number of hydrogen-bond donors (Lipinski definition) is 0. The Balaban J connectivity index is 2.12. The molecule has 1 amide bonds. The summed E-state index contributed by atoms with van der Waals surface area (Å²) in [6.07, 6.45) is 3.94. The number of rotatable bonds is 3. The van der Waals surface area contributed by atoms with E-state index in [4.69, 9.17) is 0 Å². The summed E-state index contributed by atoms with van der Waals surface area (Å²) in [5.74, 6) is 0.0849. The Kier molecular flexibility index (Phi) is 2.68. The number of carbonyl (C=O) groups is 1. The Hall–Kier alpha value is -2.17. The normalized spacial score (nSPS) is 15.2. The van der Waals surface area contributed by atoms with Gasteiger partial charge in [0.15, 0.2) is 0 Å². The zero-order chi connectivity index (χ0) is 11.5. The van der Waals surface area contributed by atoms with Crippen LogP contribution in [0.5, 0.6) is 0 Å². The molecule has 5 nitrogen and oxygen atoms in total. The molecule has 82 valence electrons. The highest BCUT2D eigenvalue weighted by molar-refractivity contribution is 5.83. The quantitative estimate of drug-likeness (QED) is 0.441. The van der Waals surface area contributed by atoms with Gasteiger partial charge < -0.3 is 4.90 Å². The van der Waals surface area contributed by atoms with E-state index < -0.39 is 4.92 Å². The Morgan fingerprint density at radius 3 is 2.81 bits per heavy atom. The molecule has 0 aromatic heterocycles. The van der Waals surface area contributed by atoms with Crippen LogP contribution in [0.15, 0.2) is 30.5 Å². The molecule has 1 aromatic carbocycles. The van der Waals surface area contributed by atoms with Crippen LogP contribution in [0, 0.1) is 10.1 Å². The van der Waals surface area contributed by atoms with Crippen molar-refractivity contribution in [1.29, 1.82) is 0 Å². The molecule has 2 rings (SSSR count). The van der Waals surface area contributed by atoms with E-state index in [2.05, 4.69) is 0 Å². The van der Waals surface area contributed by atoms with Crippen molar-refractivity contribution in [3.8, 4) is 0 Å². The standard InChI is InChI=1S/C11H10N2O3/c14-11-5-7-12(11)6-4-9-2-1-3-10(8-9)13(15)16/h1-4,6,8H,5,7H2. The van der Waals surface area contributed by atoms with Gasteiger partial charge in [0.2, 0.25) is 5.91 Å². The number of non-ortho nitro benzene ring substituents is 1. The molecule has 16 heavy (non-hydrogen) atoms. The smallest absolute Gasteiger partial charge is 0.270 e. The molecule has 0 radical (unpaired) electrons. The molecule has 0 N–H and O–H groups in total. The Morgan fingerprint density at radius 1 is 1.44 bits per heavy atom. The molecule has 1 aliphatic heterocycles. The minimum absolute atomic E-state index is 0.0529. The first-order valence-electron chi connectivity index (χ1n) is 4.89. The molecular formula is C11H10N2O3. The number of carbonyl (C=O) groups excluding carboxylic acids is 1. The van der Waals surface area contributed by atoms with Crippen molar-refractivity contribution in [2.75, 3.05) is 6.54 Å². The van der Waals surface area contributed by atoms with Gasteiger partial charge in [0, 0.05) is 31.3 Å². The number of amides is 1. The highest BCUT2D eigenvalue weighted by Gasteiger charge is 2.20. The summed E-state index contributed by atoms with van der Waals surface area (Å²) in [6, 6.07) is 6.29. The third kappa shape index (κ3) is 2.08. The minimum Gasteiger partial charge on any atom is -0.318 e. The van der Waals surface area contributed by atoms with Crippen LogP contribution in [0.4, 0.5) is 5.69 Å². The Morgan fingerprint density at radius 2 is 2.25 bits per heavy atom. The van der Waals surface area contributed by atoms with Gasteiger partial charge in [-0.3, -0.25) is 14.9 Å². The second-order valence-corrected chi connectivity index (χ2v) is 3.50. The van der Waals surface area contributed by atoms with Crippen LogP contribution >= 0.6 is 0 Å². The summed E-state index contributed by atoms with van der Waals surface area (Å²) in [5.41, 5.74) is 0.769. The maximum absolute atomic E-state index is 11.0. The molecule has 0 unspecified atom stereocenters. The van der Waals surface area contributed by atoms with Crippen LogP contribution in [0.2, 0.25) is 0 Å².